The van der Waals surface area contributed by atoms with Gasteiger partial charge in [-0.2, -0.15) is 0 Å². The van der Waals surface area contributed by atoms with Crippen LogP contribution >= 0.6 is 0 Å². The number of rotatable bonds is 6. The minimum absolute atomic E-state index is 0.0221. The smallest absolute Gasteiger partial charge is 0.253 e. The number of amides is 2. The summed E-state index contributed by atoms with van der Waals surface area (Å²) in [4.78, 5) is 25.8. The first kappa shape index (κ1) is 18.9. The second-order valence-electron chi connectivity index (χ2n) is 6.96. The molecule has 1 aromatic carbocycles. The van der Waals surface area contributed by atoms with Crippen LogP contribution in [0.3, 0.4) is 0 Å². The van der Waals surface area contributed by atoms with Crippen LogP contribution in [0.1, 0.15) is 43.0 Å². The van der Waals surface area contributed by atoms with Crippen LogP contribution in [0.15, 0.2) is 12.1 Å². The van der Waals surface area contributed by atoms with Gasteiger partial charge in [0.2, 0.25) is 5.91 Å². The lowest BCUT2D eigenvalue weighted by molar-refractivity contribution is -0.116. The largest absolute Gasteiger partial charge is 0.397 e. The molecule has 0 atom stereocenters. The Morgan fingerprint density at radius 2 is 1.88 bits per heavy atom. The van der Waals surface area contributed by atoms with Gasteiger partial charge in [-0.05, 0) is 43.7 Å². The third kappa shape index (κ3) is 4.78. The molecule has 1 aromatic rings. The molecule has 0 unspecified atom stereocenters. The van der Waals surface area contributed by atoms with Crippen molar-refractivity contribution in [3.8, 4) is 0 Å². The first-order chi connectivity index (χ1) is 11.8. The highest BCUT2D eigenvalue weighted by atomic mass is 16.2. The van der Waals surface area contributed by atoms with Crippen LogP contribution in [0, 0.1) is 5.92 Å². The number of carbonyl (C=O) groups excluding carboxylic acids is 2. The first-order valence-corrected chi connectivity index (χ1v) is 8.73. The third-order valence-electron chi connectivity index (χ3n) is 4.84. The number of hydrogen-bond acceptors (Lipinski definition) is 5. The van der Waals surface area contributed by atoms with Crippen molar-refractivity contribution in [2.75, 3.05) is 36.6 Å². The van der Waals surface area contributed by atoms with Crippen molar-refractivity contribution in [3.63, 3.8) is 0 Å². The maximum absolute atomic E-state index is 12.8. The predicted molar refractivity (Wildman–Crippen MR) is 102 cm³/mol. The maximum atomic E-state index is 12.8. The lowest BCUT2D eigenvalue weighted by Crippen LogP contribution is -2.38. The Labute approximate surface area is 149 Å². The molecule has 0 bridgehead atoms. The fourth-order valence-electron chi connectivity index (χ4n) is 3.31. The van der Waals surface area contributed by atoms with Crippen LogP contribution in [0.2, 0.25) is 0 Å². The zero-order valence-corrected chi connectivity index (χ0v) is 15.3. The molecule has 2 rings (SSSR count). The summed E-state index contributed by atoms with van der Waals surface area (Å²) in [5, 5.41) is 6.11. The summed E-state index contributed by atoms with van der Waals surface area (Å²) in [5.74, 6) is 0.0918. The van der Waals surface area contributed by atoms with E-state index in [0.717, 1.165) is 31.6 Å². The number of nitrogens with zero attached hydrogens (tertiary/aromatic N) is 1. The van der Waals surface area contributed by atoms with E-state index in [1.54, 1.807) is 31.1 Å². The lowest BCUT2D eigenvalue weighted by atomic mass is 9.87. The van der Waals surface area contributed by atoms with Gasteiger partial charge in [0.15, 0.2) is 0 Å². The molecule has 0 spiro atoms. The molecule has 25 heavy (non-hydrogen) atoms. The molecule has 0 aliphatic heterocycles. The summed E-state index contributed by atoms with van der Waals surface area (Å²) in [5.41, 5.74) is 13.6. The summed E-state index contributed by atoms with van der Waals surface area (Å²) < 4.78 is 0. The van der Waals surface area contributed by atoms with Gasteiger partial charge < -0.3 is 27.0 Å². The van der Waals surface area contributed by atoms with Crippen LogP contribution in [0.5, 0.6) is 0 Å². The number of nitrogen functional groups attached to an aromatic ring is 1. The quantitative estimate of drug-likeness (QED) is 0.583. The Hall–Kier alpha value is -2.44. The number of likely N-dealkylation sites (N-methyl/N-ethyl adjacent to an activating group) is 1. The number of anilines is 3. The van der Waals surface area contributed by atoms with Gasteiger partial charge in [-0.1, -0.05) is 6.92 Å². The van der Waals surface area contributed by atoms with E-state index in [-0.39, 0.29) is 18.5 Å². The van der Waals surface area contributed by atoms with Gasteiger partial charge in [0.25, 0.3) is 5.91 Å². The molecular formula is C18H29N5O2. The van der Waals surface area contributed by atoms with Crippen LogP contribution in [0.25, 0.3) is 0 Å². The average Bonchev–Trinajstić information content (AvgIpc) is 2.55. The topological polar surface area (TPSA) is 113 Å². The Morgan fingerprint density at radius 3 is 2.44 bits per heavy atom. The monoisotopic (exact) mass is 347 g/mol. The molecule has 0 saturated heterocycles. The highest BCUT2D eigenvalue weighted by Gasteiger charge is 2.23. The number of carbonyl (C=O) groups is 2. The van der Waals surface area contributed by atoms with Crippen molar-refractivity contribution in [3.05, 3.63) is 17.7 Å². The summed E-state index contributed by atoms with van der Waals surface area (Å²) in [6, 6.07) is 3.61. The zero-order valence-electron chi connectivity index (χ0n) is 15.3. The second kappa shape index (κ2) is 8.09. The van der Waals surface area contributed by atoms with E-state index in [0.29, 0.717) is 22.6 Å². The maximum Gasteiger partial charge on any atom is 0.253 e. The van der Waals surface area contributed by atoms with Crippen molar-refractivity contribution in [2.45, 2.75) is 38.6 Å². The van der Waals surface area contributed by atoms with Gasteiger partial charge in [-0.25, -0.2) is 0 Å². The van der Waals surface area contributed by atoms with Gasteiger partial charge in [0, 0.05) is 20.1 Å². The average molecular weight is 347 g/mol. The van der Waals surface area contributed by atoms with Crippen molar-refractivity contribution < 1.29 is 9.59 Å². The minimum Gasteiger partial charge on any atom is -0.397 e. The van der Waals surface area contributed by atoms with Crippen molar-refractivity contribution in [1.29, 1.82) is 0 Å². The minimum atomic E-state index is -0.460. The molecule has 6 N–H and O–H groups in total. The molecule has 7 heteroatoms. The highest BCUT2D eigenvalue weighted by Crippen LogP contribution is 2.30. The fraction of sp³-hybridized carbons (Fsp3) is 0.556. The van der Waals surface area contributed by atoms with Crippen LogP contribution < -0.4 is 27.0 Å². The fourth-order valence-corrected chi connectivity index (χ4v) is 3.31. The first-order valence-electron chi connectivity index (χ1n) is 8.73. The second-order valence-corrected chi connectivity index (χ2v) is 6.96. The van der Waals surface area contributed by atoms with Crippen LogP contribution in [-0.4, -0.2) is 38.5 Å². The molecule has 1 saturated carbocycles. The van der Waals surface area contributed by atoms with E-state index in [1.165, 1.54) is 0 Å². The number of hydrogen-bond donors (Lipinski definition) is 4. The molecule has 138 valence electrons. The standard InChI is InChI=1S/C18H29N5O2/c1-11-4-6-12(7-5-11)22-18(25)13-8-14(19)15(21-2)9-16(13)23(3)10-17(20)24/h8-9,11-12,21H,4-7,10,19H2,1-3H3,(H2,20,24)(H,22,25)/t11-,12-. The summed E-state index contributed by atoms with van der Waals surface area (Å²) >= 11 is 0. The Balaban J connectivity index is 2.26. The zero-order chi connectivity index (χ0) is 18.6. The Bertz CT molecular complexity index is 639. The Morgan fingerprint density at radius 1 is 1.24 bits per heavy atom. The predicted octanol–water partition coefficient (Wildman–Crippen LogP) is 1.54. The molecule has 1 aliphatic rings. The van der Waals surface area contributed by atoms with Crippen LogP contribution in [0.4, 0.5) is 17.1 Å². The summed E-state index contributed by atoms with van der Waals surface area (Å²) in [6.45, 7) is 2.26. The van der Waals surface area contributed by atoms with Gasteiger partial charge >= 0.3 is 0 Å². The van der Waals surface area contributed by atoms with Gasteiger partial charge in [-0.15, -0.1) is 0 Å². The van der Waals surface area contributed by atoms with E-state index >= 15 is 0 Å². The Kier molecular flexibility index (Phi) is 6.12. The van der Waals surface area contributed by atoms with Gasteiger partial charge in [-0.3, -0.25) is 9.59 Å². The van der Waals surface area contributed by atoms with E-state index in [4.69, 9.17) is 11.5 Å². The molecule has 0 heterocycles. The number of benzene rings is 1. The molecule has 7 nitrogen and oxygen atoms in total. The van der Waals surface area contributed by atoms with Crippen LogP contribution in [-0.2, 0) is 4.79 Å². The molecular weight excluding hydrogens is 318 g/mol. The van der Waals surface area contributed by atoms with E-state index in [2.05, 4.69) is 17.6 Å². The van der Waals surface area contributed by atoms with E-state index in [9.17, 15) is 9.59 Å². The molecule has 1 aliphatic carbocycles. The highest BCUT2D eigenvalue weighted by molar-refractivity contribution is 6.02. The van der Waals surface area contributed by atoms with E-state index in [1.807, 2.05) is 0 Å². The van der Waals surface area contributed by atoms with Gasteiger partial charge in [0.05, 0.1) is 29.2 Å². The number of nitrogens with one attached hydrogen (secondary N) is 2. The third-order valence-corrected chi connectivity index (χ3v) is 4.84. The van der Waals surface area contributed by atoms with Crippen molar-refractivity contribution in [2.24, 2.45) is 11.7 Å². The summed E-state index contributed by atoms with van der Waals surface area (Å²) in [7, 11) is 3.49. The normalized spacial score (nSPS) is 20.0. The summed E-state index contributed by atoms with van der Waals surface area (Å²) in [6.07, 6.45) is 4.23. The number of nitrogens with two attached hydrogens (primary N) is 2. The molecule has 2 amide bonds. The lowest BCUT2D eigenvalue weighted by Gasteiger charge is -2.28. The molecule has 0 radical (unpaired) electrons. The van der Waals surface area contributed by atoms with E-state index < -0.39 is 5.91 Å². The number of primary amides is 1. The SMILES string of the molecule is CNc1cc(N(C)CC(N)=O)c(C(=O)N[C@H]2CC[C@H](C)CC2)cc1N. The molecule has 0 aromatic heterocycles. The van der Waals surface area contributed by atoms with Crippen molar-refractivity contribution >= 4 is 28.9 Å². The van der Waals surface area contributed by atoms with Crippen molar-refractivity contribution in [1.82, 2.24) is 5.32 Å². The molecule has 1 fully saturated rings. The van der Waals surface area contributed by atoms with Gasteiger partial charge in [0.1, 0.15) is 0 Å².